The minimum atomic E-state index is -3.24. The van der Waals surface area contributed by atoms with Crippen molar-refractivity contribution in [3.63, 3.8) is 0 Å². The first-order valence-electron chi connectivity index (χ1n) is 6.07. The number of hydrogen-bond acceptors (Lipinski definition) is 3. The Morgan fingerprint density at radius 3 is 2.56 bits per heavy atom. The molecule has 1 aromatic rings. The Bertz CT molecular complexity index is 525. The van der Waals surface area contributed by atoms with Crippen LogP contribution in [0.4, 0.5) is 11.4 Å². The monoisotopic (exact) mass is 288 g/mol. The number of rotatable bonds is 4. The molecule has 0 aliphatic carbocycles. The first-order valence-corrected chi connectivity index (χ1v) is 8.10. The van der Waals surface area contributed by atoms with E-state index in [1.807, 2.05) is 6.07 Å². The Hall–Kier alpha value is -0.940. The molecule has 1 aromatic carbocycles. The van der Waals surface area contributed by atoms with Gasteiger partial charge in [0.1, 0.15) is 0 Å². The van der Waals surface area contributed by atoms with Gasteiger partial charge in [0.2, 0.25) is 10.0 Å². The van der Waals surface area contributed by atoms with Gasteiger partial charge < -0.3 is 4.90 Å². The highest BCUT2D eigenvalue weighted by atomic mass is 35.5. The van der Waals surface area contributed by atoms with Crippen molar-refractivity contribution in [2.75, 3.05) is 28.5 Å². The van der Waals surface area contributed by atoms with E-state index in [0.29, 0.717) is 10.7 Å². The second-order valence-electron chi connectivity index (χ2n) is 4.37. The van der Waals surface area contributed by atoms with Crippen LogP contribution in [0, 0.1) is 0 Å². The molecule has 1 fully saturated rings. The standard InChI is InChI=1S/C12H17ClN2O2S/c1-2-18(16,17)14-10-5-6-12(11(13)9-10)15-7-3-4-8-15/h5-6,9,14H,2-4,7-8H2,1H3. The number of benzene rings is 1. The van der Waals surface area contributed by atoms with Crippen molar-refractivity contribution in [1.29, 1.82) is 0 Å². The van der Waals surface area contributed by atoms with Gasteiger partial charge in [-0.2, -0.15) is 0 Å². The molecule has 1 aliphatic rings. The summed E-state index contributed by atoms with van der Waals surface area (Å²) in [6, 6.07) is 5.30. The molecular weight excluding hydrogens is 272 g/mol. The summed E-state index contributed by atoms with van der Waals surface area (Å²) in [6.45, 7) is 3.63. The van der Waals surface area contributed by atoms with Gasteiger partial charge in [-0.15, -0.1) is 0 Å². The molecule has 1 saturated heterocycles. The van der Waals surface area contributed by atoms with Crippen LogP contribution >= 0.6 is 11.6 Å². The van der Waals surface area contributed by atoms with Crippen LogP contribution in [0.3, 0.4) is 0 Å². The quantitative estimate of drug-likeness (QED) is 0.927. The third-order valence-corrected chi connectivity index (χ3v) is 4.66. The fraction of sp³-hybridized carbons (Fsp3) is 0.500. The van der Waals surface area contributed by atoms with E-state index in [1.54, 1.807) is 19.1 Å². The maximum atomic E-state index is 11.5. The minimum absolute atomic E-state index is 0.0541. The number of anilines is 2. The van der Waals surface area contributed by atoms with Gasteiger partial charge in [0.25, 0.3) is 0 Å². The Morgan fingerprint density at radius 1 is 1.33 bits per heavy atom. The molecule has 1 N–H and O–H groups in total. The van der Waals surface area contributed by atoms with E-state index < -0.39 is 10.0 Å². The van der Waals surface area contributed by atoms with E-state index in [2.05, 4.69) is 9.62 Å². The summed E-state index contributed by atoms with van der Waals surface area (Å²) in [5, 5.41) is 0.591. The lowest BCUT2D eigenvalue weighted by Gasteiger charge is -2.19. The van der Waals surface area contributed by atoms with Crippen LogP contribution in [0.25, 0.3) is 0 Å². The maximum absolute atomic E-state index is 11.5. The lowest BCUT2D eigenvalue weighted by Crippen LogP contribution is -2.18. The summed E-state index contributed by atoms with van der Waals surface area (Å²) in [5.74, 6) is 0.0541. The van der Waals surface area contributed by atoms with Gasteiger partial charge in [0, 0.05) is 13.1 Å². The molecule has 0 bridgehead atoms. The van der Waals surface area contributed by atoms with Crippen LogP contribution in [0.15, 0.2) is 18.2 Å². The summed E-state index contributed by atoms with van der Waals surface area (Å²) >= 11 is 6.20. The molecule has 0 spiro atoms. The van der Waals surface area contributed by atoms with Crippen molar-refractivity contribution in [3.05, 3.63) is 23.2 Å². The molecule has 2 rings (SSSR count). The van der Waals surface area contributed by atoms with Crippen LogP contribution in [-0.2, 0) is 10.0 Å². The van der Waals surface area contributed by atoms with Crippen molar-refractivity contribution in [3.8, 4) is 0 Å². The van der Waals surface area contributed by atoms with Gasteiger partial charge in [-0.05, 0) is 38.0 Å². The van der Waals surface area contributed by atoms with E-state index in [0.717, 1.165) is 18.8 Å². The third kappa shape index (κ3) is 3.09. The van der Waals surface area contributed by atoms with Crippen LogP contribution in [-0.4, -0.2) is 27.3 Å². The van der Waals surface area contributed by atoms with Crippen molar-refractivity contribution >= 4 is 33.0 Å². The zero-order chi connectivity index (χ0) is 13.2. The zero-order valence-corrected chi connectivity index (χ0v) is 11.9. The fourth-order valence-electron chi connectivity index (χ4n) is 2.04. The lowest BCUT2D eigenvalue weighted by molar-refractivity contribution is 0.602. The number of sulfonamides is 1. The highest BCUT2D eigenvalue weighted by Gasteiger charge is 2.16. The van der Waals surface area contributed by atoms with E-state index in [4.69, 9.17) is 11.6 Å². The molecule has 0 saturated carbocycles. The molecular formula is C12H17ClN2O2S. The first-order chi connectivity index (χ1) is 8.52. The number of hydrogen-bond donors (Lipinski definition) is 1. The first kappa shape index (κ1) is 13.5. The summed E-state index contributed by atoms with van der Waals surface area (Å²) in [6.07, 6.45) is 2.36. The predicted octanol–water partition coefficient (Wildman–Crippen LogP) is 2.70. The molecule has 0 amide bonds. The van der Waals surface area contributed by atoms with Gasteiger partial charge in [-0.3, -0.25) is 4.72 Å². The largest absolute Gasteiger partial charge is 0.370 e. The fourth-order valence-corrected chi connectivity index (χ4v) is 2.97. The number of nitrogens with zero attached hydrogens (tertiary/aromatic N) is 1. The summed E-state index contributed by atoms with van der Waals surface area (Å²) in [5.41, 5.74) is 1.50. The molecule has 1 aliphatic heterocycles. The van der Waals surface area contributed by atoms with Gasteiger partial charge in [-0.25, -0.2) is 8.42 Å². The molecule has 100 valence electrons. The van der Waals surface area contributed by atoms with E-state index in [9.17, 15) is 8.42 Å². The average molecular weight is 289 g/mol. The average Bonchev–Trinajstić information content (AvgIpc) is 2.82. The molecule has 0 radical (unpaired) electrons. The van der Waals surface area contributed by atoms with E-state index in [-0.39, 0.29) is 5.75 Å². The normalized spacial score (nSPS) is 16.0. The molecule has 4 nitrogen and oxygen atoms in total. The Morgan fingerprint density at radius 2 is 2.00 bits per heavy atom. The topological polar surface area (TPSA) is 49.4 Å². The second-order valence-corrected chi connectivity index (χ2v) is 6.78. The van der Waals surface area contributed by atoms with Crippen LogP contribution in [0.5, 0.6) is 0 Å². The Balaban J connectivity index is 2.19. The Kier molecular flexibility index (Phi) is 4.02. The van der Waals surface area contributed by atoms with Crippen molar-refractivity contribution in [2.45, 2.75) is 19.8 Å². The van der Waals surface area contributed by atoms with E-state index in [1.165, 1.54) is 12.8 Å². The van der Waals surface area contributed by atoms with Crippen LogP contribution in [0.2, 0.25) is 5.02 Å². The van der Waals surface area contributed by atoms with Crippen molar-refractivity contribution in [2.24, 2.45) is 0 Å². The molecule has 1 heterocycles. The molecule has 0 atom stereocenters. The molecule has 18 heavy (non-hydrogen) atoms. The maximum Gasteiger partial charge on any atom is 0.232 e. The summed E-state index contributed by atoms with van der Waals surface area (Å²) < 4.78 is 25.4. The summed E-state index contributed by atoms with van der Waals surface area (Å²) in [7, 11) is -3.24. The number of nitrogens with one attached hydrogen (secondary N) is 1. The predicted molar refractivity (Wildman–Crippen MR) is 76.0 cm³/mol. The van der Waals surface area contributed by atoms with Gasteiger partial charge >= 0.3 is 0 Å². The molecule has 0 unspecified atom stereocenters. The smallest absolute Gasteiger partial charge is 0.232 e. The van der Waals surface area contributed by atoms with E-state index >= 15 is 0 Å². The summed E-state index contributed by atoms with van der Waals surface area (Å²) in [4.78, 5) is 2.22. The lowest BCUT2D eigenvalue weighted by atomic mass is 10.2. The van der Waals surface area contributed by atoms with Gasteiger partial charge in [0.05, 0.1) is 22.2 Å². The molecule has 0 aromatic heterocycles. The minimum Gasteiger partial charge on any atom is -0.370 e. The highest BCUT2D eigenvalue weighted by Crippen LogP contribution is 2.31. The highest BCUT2D eigenvalue weighted by molar-refractivity contribution is 7.92. The van der Waals surface area contributed by atoms with Gasteiger partial charge in [0.15, 0.2) is 0 Å². The van der Waals surface area contributed by atoms with Crippen molar-refractivity contribution < 1.29 is 8.42 Å². The SMILES string of the molecule is CCS(=O)(=O)Nc1ccc(N2CCCC2)c(Cl)c1. The number of halogens is 1. The third-order valence-electron chi connectivity index (χ3n) is 3.05. The van der Waals surface area contributed by atoms with Crippen LogP contribution in [0.1, 0.15) is 19.8 Å². The van der Waals surface area contributed by atoms with Crippen LogP contribution < -0.4 is 9.62 Å². The molecule has 6 heteroatoms. The zero-order valence-electron chi connectivity index (χ0n) is 10.3. The second kappa shape index (κ2) is 5.36. The van der Waals surface area contributed by atoms with Gasteiger partial charge in [-0.1, -0.05) is 11.6 Å². The van der Waals surface area contributed by atoms with Crippen molar-refractivity contribution in [1.82, 2.24) is 0 Å². The Labute approximate surface area is 113 Å².